The van der Waals surface area contributed by atoms with Crippen molar-refractivity contribution in [1.82, 2.24) is 4.31 Å². The Morgan fingerprint density at radius 2 is 1.55 bits per heavy atom. The molecular formula is C16H17NO2S. The second-order valence-corrected chi connectivity index (χ2v) is 6.57. The van der Waals surface area contributed by atoms with Gasteiger partial charge in [-0.3, -0.25) is 4.31 Å². The molecule has 3 nitrogen and oxygen atoms in total. The van der Waals surface area contributed by atoms with E-state index < -0.39 is 10.0 Å². The molecule has 0 fully saturated rings. The van der Waals surface area contributed by atoms with E-state index in [-0.39, 0.29) is 4.90 Å². The molecule has 2 aromatic rings. The van der Waals surface area contributed by atoms with Crippen molar-refractivity contribution < 1.29 is 8.42 Å². The van der Waals surface area contributed by atoms with Gasteiger partial charge in [0.05, 0.1) is 10.6 Å². The molecule has 2 rings (SSSR count). The maximum absolute atomic E-state index is 12.5. The van der Waals surface area contributed by atoms with E-state index in [1.165, 1.54) is 11.4 Å². The summed E-state index contributed by atoms with van der Waals surface area (Å²) in [6, 6.07) is 16.1. The molecule has 0 N–H and O–H groups in total. The monoisotopic (exact) mass is 287 g/mol. The third-order valence-corrected chi connectivity index (χ3v) is 4.98. The van der Waals surface area contributed by atoms with Gasteiger partial charge in [-0.25, -0.2) is 8.42 Å². The van der Waals surface area contributed by atoms with Crippen molar-refractivity contribution in [2.75, 3.05) is 7.05 Å². The normalized spacial score (nSPS) is 11.1. The van der Waals surface area contributed by atoms with Gasteiger partial charge in [0.25, 0.3) is 10.0 Å². The van der Waals surface area contributed by atoms with Gasteiger partial charge in [-0.05, 0) is 24.6 Å². The van der Waals surface area contributed by atoms with Crippen LogP contribution in [0.3, 0.4) is 0 Å². The van der Waals surface area contributed by atoms with Crippen molar-refractivity contribution in [3.8, 4) is 0 Å². The van der Waals surface area contributed by atoms with E-state index in [0.29, 0.717) is 5.70 Å². The van der Waals surface area contributed by atoms with Crippen molar-refractivity contribution in [2.24, 2.45) is 0 Å². The summed E-state index contributed by atoms with van der Waals surface area (Å²) in [5.74, 6) is 0. The molecule has 0 saturated carbocycles. The summed E-state index contributed by atoms with van der Waals surface area (Å²) in [4.78, 5) is 0.266. The molecule has 0 aliphatic rings. The van der Waals surface area contributed by atoms with Gasteiger partial charge < -0.3 is 0 Å². The van der Waals surface area contributed by atoms with Crippen LogP contribution >= 0.6 is 0 Å². The fourth-order valence-corrected chi connectivity index (χ4v) is 3.02. The number of sulfonamides is 1. The first-order valence-electron chi connectivity index (χ1n) is 6.23. The van der Waals surface area contributed by atoms with Crippen molar-refractivity contribution in [3.63, 3.8) is 0 Å². The summed E-state index contributed by atoms with van der Waals surface area (Å²) < 4.78 is 26.3. The van der Waals surface area contributed by atoms with E-state index >= 15 is 0 Å². The lowest BCUT2D eigenvalue weighted by atomic mass is 10.2. The maximum atomic E-state index is 12.5. The SMILES string of the molecule is C=C(c1ccccc1)N(C)S(=O)(=O)c1ccc(C)cc1. The van der Waals surface area contributed by atoms with E-state index in [2.05, 4.69) is 6.58 Å². The van der Waals surface area contributed by atoms with Crippen LogP contribution in [0.25, 0.3) is 5.70 Å². The Kier molecular flexibility index (Phi) is 3.95. The number of rotatable bonds is 4. The molecule has 0 saturated heterocycles. The van der Waals surface area contributed by atoms with Gasteiger partial charge in [0, 0.05) is 7.05 Å². The minimum atomic E-state index is -3.57. The van der Waals surface area contributed by atoms with Gasteiger partial charge in [0.15, 0.2) is 0 Å². The quantitative estimate of drug-likeness (QED) is 0.865. The molecule has 0 aliphatic heterocycles. The number of aryl methyl sites for hydroxylation is 1. The van der Waals surface area contributed by atoms with Crippen LogP contribution in [0.2, 0.25) is 0 Å². The van der Waals surface area contributed by atoms with E-state index in [0.717, 1.165) is 11.1 Å². The topological polar surface area (TPSA) is 37.4 Å². The van der Waals surface area contributed by atoms with Gasteiger partial charge in [-0.15, -0.1) is 0 Å². The van der Waals surface area contributed by atoms with Crippen molar-refractivity contribution in [1.29, 1.82) is 0 Å². The van der Waals surface area contributed by atoms with Crippen molar-refractivity contribution in [3.05, 3.63) is 72.3 Å². The van der Waals surface area contributed by atoms with E-state index in [1.807, 2.05) is 37.3 Å². The molecule has 104 valence electrons. The number of benzene rings is 2. The highest BCUT2D eigenvalue weighted by molar-refractivity contribution is 7.89. The van der Waals surface area contributed by atoms with Crippen LogP contribution in [-0.2, 0) is 10.0 Å². The molecule has 0 aromatic heterocycles. The van der Waals surface area contributed by atoms with Crippen LogP contribution in [0.15, 0.2) is 66.1 Å². The average Bonchev–Trinajstić information content (AvgIpc) is 2.47. The number of nitrogens with zero attached hydrogens (tertiary/aromatic N) is 1. The third-order valence-electron chi connectivity index (χ3n) is 3.17. The Labute approximate surface area is 120 Å². The van der Waals surface area contributed by atoms with E-state index in [9.17, 15) is 8.42 Å². The smallest absolute Gasteiger partial charge is 0.264 e. The highest BCUT2D eigenvalue weighted by Gasteiger charge is 2.22. The van der Waals surface area contributed by atoms with E-state index in [4.69, 9.17) is 0 Å². The lowest BCUT2D eigenvalue weighted by Crippen LogP contribution is -2.25. The zero-order valence-corrected chi connectivity index (χ0v) is 12.4. The Bertz CT molecular complexity index is 704. The van der Waals surface area contributed by atoms with Gasteiger partial charge in [-0.2, -0.15) is 0 Å². The summed E-state index contributed by atoms with van der Waals surface area (Å²) in [7, 11) is -2.05. The zero-order chi connectivity index (χ0) is 14.8. The van der Waals surface area contributed by atoms with Crippen LogP contribution < -0.4 is 0 Å². The first-order chi connectivity index (χ1) is 9.43. The third kappa shape index (κ3) is 2.75. The molecule has 0 spiro atoms. The first kappa shape index (κ1) is 14.3. The molecule has 0 unspecified atom stereocenters. The summed E-state index contributed by atoms with van der Waals surface area (Å²) >= 11 is 0. The zero-order valence-electron chi connectivity index (χ0n) is 11.6. The molecular weight excluding hydrogens is 270 g/mol. The molecule has 0 atom stereocenters. The maximum Gasteiger partial charge on any atom is 0.264 e. The Balaban J connectivity index is 2.35. The van der Waals surface area contributed by atoms with Crippen LogP contribution in [0.5, 0.6) is 0 Å². The van der Waals surface area contributed by atoms with Crippen LogP contribution in [0.1, 0.15) is 11.1 Å². The second kappa shape index (κ2) is 5.51. The predicted molar refractivity (Wildman–Crippen MR) is 81.6 cm³/mol. The summed E-state index contributed by atoms with van der Waals surface area (Å²) in [6.45, 7) is 5.80. The largest absolute Gasteiger partial charge is 0.269 e. The fourth-order valence-electron chi connectivity index (χ4n) is 1.83. The highest BCUT2D eigenvalue weighted by atomic mass is 32.2. The second-order valence-electron chi connectivity index (χ2n) is 4.60. The minimum Gasteiger partial charge on any atom is -0.269 e. The van der Waals surface area contributed by atoms with Crippen LogP contribution in [0, 0.1) is 6.92 Å². The lowest BCUT2D eigenvalue weighted by molar-refractivity contribution is 0.546. The van der Waals surface area contributed by atoms with Crippen molar-refractivity contribution in [2.45, 2.75) is 11.8 Å². The molecule has 0 heterocycles. The molecule has 4 heteroatoms. The summed E-state index contributed by atoms with van der Waals surface area (Å²) in [5, 5.41) is 0. The molecule has 0 amide bonds. The summed E-state index contributed by atoms with van der Waals surface area (Å²) in [6.07, 6.45) is 0. The number of hydrogen-bond donors (Lipinski definition) is 0. The molecule has 0 radical (unpaired) electrons. The number of hydrogen-bond acceptors (Lipinski definition) is 2. The molecule has 0 aliphatic carbocycles. The Morgan fingerprint density at radius 1 is 1.00 bits per heavy atom. The van der Waals surface area contributed by atoms with Crippen molar-refractivity contribution >= 4 is 15.7 Å². The molecule has 2 aromatic carbocycles. The van der Waals surface area contributed by atoms with Gasteiger partial charge in [0.2, 0.25) is 0 Å². The van der Waals surface area contributed by atoms with Gasteiger partial charge in [-0.1, -0.05) is 54.6 Å². The minimum absolute atomic E-state index is 0.266. The van der Waals surface area contributed by atoms with Gasteiger partial charge >= 0.3 is 0 Å². The molecule has 0 bridgehead atoms. The van der Waals surface area contributed by atoms with Gasteiger partial charge in [0.1, 0.15) is 0 Å². The van der Waals surface area contributed by atoms with Crippen LogP contribution in [-0.4, -0.2) is 19.8 Å². The summed E-state index contributed by atoms with van der Waals surface area (Å²) in [5.41, 5.74) is 2.25. The fraction of sp³-hybridized carbons (Fsp3) is 0.125. The standard InChI is InChI=1S/C16H17NO2S/c1-13-9-11-16(12-10-13)20(18,19)17(3)14(2)15-7-5-4-6-8-15/h4-12H,2H2,1,3H3. The Morgan fingerprint density at radius 3 is 2.10 bits per heavy atom. The average molecular weight is 287 g/mol. The van der Waals surface area contributed by atoms with E-state index in [1.54, 1.807) is 24.3 Å². The first-order valence-corrected chi connectivity index (χ1v) is 7.67. The predicted octanol–water partition coefficient (Wildman–Crippen LogP) is 3.29. The molecule has 20 heavy (non-hydrogen) atoms. The Hall–Kier alpha value is -2.07. The lowest BCUT2D eigenvalue weighted by Gasteiger charge is -2.22. The van der Waals surface area contributed by atoms with Crippen LogP contribution in [0.4, 0.5) is 0 Å². The highest BCUT2D eigenvalue weighted by Crippen LogP contribution is 2.23.